The van der Waals surface area contributed by atoms with Crippen molar-refractivity contribution in [3.8, 4) is 0 Å². The summed E-state index contributed by atoms with van der Waals surface area (Å²) in [6, 6.07) is 27.9. The number of carbonyl (C=O) groups excluding carboxylic acids is 2. The Morgan fingerprint density at radius 2 is 1.68 bits per heavy atom. The minimum Gasteiger partial charge on any atom is -0.324 e. The molecule has 4 aromatic carbocycles. The largest absolute Gasteiger partial charge is 0.324 e. The molecule has 0 bridgehead atoms. The van der Waals surface area contributed by atoms with Gasteiger partial charge in [0, 0.05) is 11.3 Å². The number of carbonyl (C=O) groups is 2. The molecule has 0 aliphatic rings. The van der Waals surface area contributed by atoms with E-state index >= 15 is 0 Å². The average Bonchev–Trinajstić information content (AvgIpc) is 3.29. The molecule has 5 rings (SSSR count). The van der Waals surface area contributed by atoms with Crippen molar-refractivity contribution in [1.82, 2.24) is 4.98 Å². The molecule has 0 saturated heterocycles. The standard InChI is InChI=1S/C27H21N3O2S2/c28-25(18-7-2-1-3-8-18)26(32)29-21-12-13-22-24(15-21)34-27(30-22)33-16-23(31)20-11-10-17-6-4-5-9-19(17)14-20/h1-15,25H,16,28H2,(H,29,32)/t25-/m1/s1. The number of ketones is 1. The van der Waals surface area contributed by atoms with Crippen LogP contribution in [0.1, 0.15) is 22.0 Å². The second kappa shape index (κ2) is 9.77. The first kappa shape index (κ1) is 22.3. The van der Waals surface area contributed by atoms with E-state index < -0.39 is 6.04 Å². The Kier molecular flexibility index (Phi) is 6.40. The topological polar surface area (TPSA) is 85.1 Å². The lowest BCUT2D eigenvalue weighted by molar-refractivity contribution is -0.117. The van der Waals surface area contributed by atoms with Gasteiger partial charge < -0.3 is 11.1 Å². The van der Waals surface area contributed by atoms with Gasteiger partial charge in [-0.15, -0.1) is 11.3 Å². The normalized spacial score (nSPS) is 12.0. The quantitative estimate of drug-likeness (QED) is 0.217. The van der Waals surface area contributed by atoms with Crippen molar-refractivity contribution in [2.24, 2.45) is 5.73 Å². The van der Waals surface area contributed by atoms with Crippen molar-refractivity contribution in [1.29, 1.82) is 0 Å². The number of thiazole rings is 1. The number of Topliss-reactive ketones (excluding diaryl/α,β-unsaturated/α-hetero) is 1. The number of fused-ring (bicyclic) bond motifs is 2. The molecule has 0 unspecified atom stereocenters. The number of anilines is 1. The minimum atomic E-state index is -0.745. The Balaban J connectivity index is 1.25. The molecule has 168 valence electrons. The van der Waals surface area contributed by atoms with Gasteiger partial charge in [0.05, 0.1) is 16.0 Å². The van der Waals surface area contributed by atoms with Crippen molar-refractivity contribution < 1.29 is 9.59 Å². The Morgan fingerprint density at radius 3 is 2.50 bits per heavy atom. The highest BCUT2D eigenvalue weighted by Crippen LogP contribution is 2.32. The summed E-state index contributed by atoms with van der Waals surface area (Å²) in [5.41, 5.74) is 9.04. The second-order valence-electron chi connectivity index (χ2n) is 7.81. The predicted octanol–water partition coefficient (Wildman–Crippen LogP) is 6.06. The van der Waals surface area contributed by atoms with Crippen LogP contribution in [0.25, 0.3) is 21.0 Å². The van der Waals surface area contributed by atoms with Crippen LogP contribution in [-0.4, -0.2) is 22.4 Å². The highest BCUT2D eigenvalue weighted by molar-refractivity contribution is 8.01. The molecule has 1 amide bonds. The zero-order valence-electron chi connectivity index (χ0n) is 18.1. The fourth-order valence-corrected chi connectivity index (χ4v) is 5.65. The number of nitrogens with two attached hydrogens (primary N) is 1. The van der Waals surface area contributed by atoms with Gasteiger partial charge in [-0.05, 0) is 40.6 Å². The summed E-state index contributed by atoms with van der Waals surface area (Å²) in [4.78, 5) is 29.9. The molecule has 0 fully saturated rings. The first-order valence-corrected chi connectivity index (χ1v) is 12.5. The van der Waals surface area contributed by atoms with Gasteiger partial charge >= 0.3 is 0 Å². The Morgan fingerprint density at radius 1 is 0.912 bits per heavy atom. The number of hydrogen-bond acceptors (Lipinski definition) is 6. The molecule has 7 heteroatoms. The fraction of sp³-hybridized carbons (Fsp3) is 0.0741. The molecule has 0 spiro atoms. The maximum absolute atomic E-state index is 12.7. The number of amides is 1. The summed E-state index contributed by atoms with van der Waals surface area (Å²) >= 11 is 2.93. The average molecular weight is 484 g/mol. The van der Waals surface area contributed by atoms with Crippen LogP contribution in [0.2, 0.25) is 0 Å². The van der Waals surface area contributed by atoms with Gasteiger partial charge in [0.2, 0.25) is 5.91 Å². The van der Waals surface area contributed by atoms with Crippen LogP contribution < -0.4 is 11.1 Å². The molecular weight excluding hydrogens is 462 g/mol. The van der Waals surface area contributed by atoms with E-state index in [0.29, 0.717) is 17.0 Å². The van der Waals surface area contributed by atoms with Gasteiger partial charge in [0.1, 0.15) is 6.04 Å². The molecule has 1 aromatic heterocycles. The van der Waals surface area contributed by atoms with Crippen LogP contribution >= 0.6 is 23.1 Å². The molecule has 0 aliphatic carbocycles. The van der Waals surface area contributed by atoms with Crippen LogP contribution in [0.5, 0.6) is 0 Å². The maximum Gasteiger partial charge on any atom is 0.245 e. The van der Waals surface area contributed by atoms with E-state index in [1.54, 1.807) is 0 Å². The molecule has 0 saturated carbocycles. The number of nitrogens with zero attached hydrogens (tertiary/aromatic N) is 1. The second-order valence-corrected chi connectivity index (χ2v) is 10.1. The molecule has 0 aliphatic heterocycles. The molecule has 5 aromatic rings. The molecule has 5 nitrogen and oxygen atoms in total. The van der Waals surface area contributed by atoms with Crippen LogP contribution in [-0.2, 0) is 4.79 Å². The van der Waals surface area contributed by atoms with E-state index in [9.17, 15) is 9.59 Å². The highest BCUT2D eigenvalue weighted by atomic mass is 32.2. The number of hydrogen-bond donors (Lipinski definition) is 2. The van der Waals surface area contributed by atoms with E-state index in [1.165, 1.54) is 23.1 Å². The highest BCUT2D eigenvalue weighted by Gasteiger charge is 2.16. The molecule has 1 heterocycles. The Bertz CT molecular complexity index is 1500. The van der Waals surface area contributed by atoms with E-state index in [4.69, 9.17) is 5.73 Å². The molecule has 1 atom stereocenters. The summed E-state index contributed by atoms with van der Waals surface area (Å²) in [6.07, 6.45) is 0. The van der Waals surface area contributed by atoms with E-state index in [-0.39, 0.29) is 11.7 Å². The zero-order chi connectivity index (χ0) is 23.5. The third kappa shape index (κ3) is 4.87. The lowest BCUT2D eigenvalue weighted by Crippen LogP contribution is -2.27. The van der Waals surface area contributed by atoms with E-state index in [2.05, 4.69) is 10.3 Å². The fourth-order valence-electron chi connectivity index (χ4n) is 3.65. The van der Waals surface area contributed by atoms with Gasteiger partial charge in [-0.2, -0.15) is 0 Å². The third-order valence-corrected chi connectivity index (χ3v) is 7.64. The summed E-state index contributed by atoms with van der Waals surface area (Å²) in [5, 5.41) is 5.05. The summed E-state index contributed by atoms with van der Waals surface area (Å²) in [6.45, 7) is 0. The maximum atomic E-state index is 12.7. The summed E-state index contributed by atoms with van der Waals surface area (Å²) in [7, 11) is 0. The van der Waals surface area contributed by atoms with E-state index in [1.807, 2.05) is 91.0 Å². The zero-order valence-corrected chi connectivity index (χ0v) is 19.7. The first-order valence-electron chi connectivity index (χ1n) is 10.7. The van der Waals surface area contributed by atoms with E-state index in [0.717, 1.165) is 30.9 Å². The third-order valence-electron chi connectivity index (χ3n) is 5.48. The van der Waals surface area contributed by atoms with Gasteiger partial charge in [-0.3, -0.25) is 9.59 Å². The van der Waals surface area contributed by atoms with Crippen LogP contribution in [0.4, 0.5) is 5.69 Å². The molecule has 0 radical (unpaired) electrons. The van der Waals surface area contributed by atoms with Crippen LogP contribution in [0, 0.1) is 0 Å². The molecule has 3 N–H and O–H groups in total. The van der Waals surface area contributed by atoms with Crippen molar-refractivity contribution in [3.63, 3.8) is 0 Å². The number of thioether (sulfide) groups is 1. The number of rotatable bonds is 7. The first-order chi connectivity index (χ1) is 16.6. The van der Waals surface area contributed by atoms with Crippen molar-refractivity contribution >= 4 is 61.5 Å². The van der Waals surface area contributed by atoms with Gasteiger partial charge in [0.15, 0.2) is 10.1 Å². The monoisotopic (exact) mass is 483 g/mol. The predicted molar refractivity (Wildman–Crippen MR) is 141 cm³/mol. The van der Waals surface area contributed by atoms with Gasteiger partial charge in [-0.1, -0.05) is 78.5 Å². The summed E-state index contributed by atoms with van der Waals surface area (Å²) < 4.78 is 1.75. The summed E-state index contributed by atoms with van der Waals surface area (Å²) in [5.74, 6) is 0.108. The minimum absolute atomic E-state index is 0.0675. The SMILES string of the molecule is N[C@@H](C(=O)Nc1ccc2nc(SCC(=O)c3ccc4ccccc4c3)sc2c1)c1ccccc1. The number of aromatic nitrogens is 1. The lowest BCUT2D eigenvalue weighted by Gasteiger charge is -2.12. The Hall–Kier alpha value is -3.52. The van der Waals surface area contributed by atoms with Crippen molar-refractivity contribution in [2.75, 3.05) is 11.1 Å². The smallest absolute Gasteiger partial charge is 0.245 e. The van der Waals surface area contributed by atoms with Crippen molar-refractivity contribution in [3.05, 3.63) is 102 Å². The Labute approximate surface area is 205 Å². The van der Waals surface area contributed by atoms with Crippen LogP contribution in [0.3, 0.4) is 0 Å². The number of nitrogens with one attached hydrogen (secondary N) is 1. The molecule has 34 heavy (non-hydrogen) atoms. The van der Waals surface area contributed by atoms with Gasteiger partial charge in [-0.25, -0.2) is 4.98 Å². The van der Waals surface area contributed by atoms with Crippen molar-refractivity contribution in [2.45, 2.75) is 10.4 Å². The lowest BCUT2D eigenvalue weighted by atomic mass is 10.1. The molecular formula is C27H21N3O2S2. The van der Waals surface area contributed by atoms with Crippen LogP contribution in [0.15, 0.2) is 95.3 Å². The number of benzene rings is 4. The van der Waals surface area contributed by atoms with Gasteiger partial charge in [0.25, 0.3) is 0 Å².